The number of methoxy groups -OCH3 is 3. The maximum atomic E-state index is 13.7. The van der Waals surface area contributed by atoms with E-state index in [0.29, 0.717) is 39.5 Å². The lowest BCUT2D eigenvalue weighted by atomic mass is 9.97. The van der Waals surface area contributed by atoms with Crippen LogP contribution in [0.1, 0.15) is 39.0 Å². The van der Waals surface area contributed by atoms with Crippen molar-refractivity contribution >= 4 is 22.7 Å². The largest absolute Gasteiger partial charge is 0.493 e. The van der Waals surface area contributed by atoms with Gasteiger partial charge in [0.2, 0.25) is 11.5 Å². The minimum absolute atomic E-state index is 0.0410. The van der Waals surface area contributed by atoms with Gasteiger partial charge in [-0.15, -0.1) is 0 Å². The molecule has 34 heavy (non-hydrogen) atoms. The van der Waals surface area contributed by atoms with E-state index in [2.05, 4.69) is 5.16 Å². The van der Waals surface area contributed by atoms with Crippen LogP contribution in [-0.2, 0) is 0 Å². The molecular weight excluding hydrogens is 440 g/mol. The van der Waals surface area contributed by atoms with E-state index in [4.69, 9.17) is 23.2 Å². The lowest BCUT2D eigenvalue weighted by molar-refractivity contribution is 0.0969. The van der Waals surface area contributed by atoms with Gasteiger partial charge in [-0.2, -0.15) is 0 Å². The number of amides is 1. The number of carbonyl (C=O) groups is 1. The fourth-order valence-corrected chi connectivity index (χ4v) is 4.36. The van der Waals surface area contributed by atoms with Crippen LogP contribution in [0.5, 0.6) is 17.2 Å². The Labute approximate surface area is 194 Å². The van der Waals surface area contributed by atoms with Gasteiger partial charge in [-0.25, -0.2) is 0 Å². The predicted octanol–water partition coefficient (Wildman–Crippen LogP) is 4.17. The van der Waals surface area contributed by atoms with E-state index >= 15 is 0 Å². The molecule has 0 saturated carbocycles. The monoisotopic (exact) mass is 462 g/mol. The van der Waals surface area contributed by atoms with Crippen molar-refractivity contribution in [3.8, 4) is 17.2 Å². The van der Waals surface area contributed by atoms with Gasteiger partial charge in [0.05, 0.1) is 38.3 Å². The van der Waals surface area contributed by atoms with Crippen LogP contribution >= 0.6 is 0 Å². The molecule has 0 bridgehead atoms. The van der Waals surface area contributed by atoms with Crippen molar-refractivity contribution in [1.82, 2.24) is 5.16 Å². The van der Waals surface area contributed by atoms with Crippen molar-refractivity contribution in [1.29, 1.82) is 0 Å². The first-order valence-electron chi connectivity index (χ1n) is 10.5. The van der Waals surface area contributed by atoms with E-state index in [0.717, 1.165) is 5.56 Å². The molecule has 4 aromatic rings. The van der Waals surface area contributed by atoms with Crippen molar-refractivity contribution in [2.45, 2.75) is 19.9 Å². The highest BCUT2D eigenvalue weighted by atomic mass is 16.5. The molecule has 174 valence electrons. The molecule has 0 radical (unpaired) electrons. The van der Waals surface area contributed by atoms with Crippen LogP contribution in [-0.4, -0.2) is 32.4 Å². The molecule has 2 aromatic carbocycles. The molecule has 0 N–H and O–H groups in total. The highest BCUT2D eigenvalue weighted by Gasteiger charge is 2.45. The van der Waals surface area contributed by atoms with Crippen LogP contribution in [0.3, 0.4) is 0 Å². The van der Waals surface area contributed by atoms with E-state index in [1.165, 1.54) is 26.2 Å². The molecular formula is C25H22N2O7. The summed E-state index contributed by atoms with van der Waals surface area (Å²) < 4.78 is 27.7. The Morgan fingerprint density at radius 3 is 2.24 bits per heavy atom. The number of benzene rings is 2. The molecule has 1 amide bonds. The fraction of sp³-hybridized carbons (Fsp3) is 0.240. The Morgan fingerprint density at radius 2 is 1.65 bits per heavy atom. The predicted molar refractivity (Wildman–Crippen MR) is 123 cm³/mol. The number of anilines is 1. The van der Waals surface area contributed by atoms with Gasteiger partial charge in [0.1, 0.15) is 11.3 Å². The second-order valence-electron chi connectivity index (χ2n) is 8.01. The number of hydrogen-bond donors (Lipinski definition) is 0. The van der Waals surface area contributed by atoms with Crippen molar-refractivity contribution in [2.75, 3.05) is 26.2 Å². The van der Waals surface area contributed by atoms with E-state index < -0.39 is 11.9 Å². The van der Waals surface area contributed by atoms with Gasteiger partial charge in [-0.1, -0.05) is 16.8 Å². The van der Waals surface area contributed by atoms with Crippen molar-refractivity contribution in [3.05, 3.63) is 74.8 Å². The van der Waals surface area contributed by atoms with Crippen LogP contribution in [0.4, 0.5) is 5.82 Å². The number of hydrogen-bond acceptors (Lipinski definition) is 8. The number of ether oxygens (including phenoxy) is 3. The Hall–Kier alpha value is -4.27. The van der Waals surface area contributed by atoms with Crippen molar-refractivity contribution < 1.29 is 27.9 Å². The van der Waals surface area contributed by atoms with Gasteiger partial charge in [0, 0.05) is 6.07 Å². The Bertz CT molecular complexity index is 1480. The molecule has 2 aromatic heterocycles. The first kappa shape index (κ1) is 21.6. The van der Waals surface area contributed by atoms with Gasteiger partial charge < -0.3 is 23.2 Å². The topological polar surface area (TPSA) is 104 Å². The molecule has 1 aliphatic heterocycles. The van der Waals surface area contributed by atoms with Gasteiger partial charge >= 0.3 is 0 Å². The zero-order chi connectivity index (χ0) is 24.1. The highest BCUT2D eigenvalue weighted by Crippen LogP contribution is 2.46. The number of rotatable bonds is 5. The molecule has 0 fully saturated rings. The summed E-state index contributed by atoms with van der Waals surface area (Å²) in [5.41, 5.74) is 1.70. The van der Waals surface area contributed by atoms with E-state index in [1.807, 2.05) is 13.0 Å². The van der Waals surface area contributed by atoms with Gasteiger partial charge in [-0.05, 0) is 43.7 Å². The normalized spacial score (nSPS) is 15.0. The SMILES string of the molecule is COc1cc([C@H]2c3c(oc4ccc(C)cc4c3=O)C(=O)N2c2cc(C)on2)cc(OC)c1OC. The molecule has 0 unspecified atom stereocenters. The third-order valence-corrected chi connectivity index (χ3v) is 5.89. The summed E-state index contributed by atoms with van der Waals surface area (Å²) in [4.78, 5) is 28.7. The molecule has 0 spiro atoms. The fourth-order valence-electron chi connectivity index (χ4n) is 4.36. The standard InChI is InChI=1S/C25H22N2O7/c1-12-6-7-16-15(8-12)22(28)20-21(14-10-17(30-3)23(32-5)18(11-14)31-4)27(25(29)24(20)33-16)19-9-13(2)34-26-19/h6-11,21H,1-5H3/t21-/m0/s1. The summed E-state index contributed by atoms with van der Waals surface area (Å²) in [7, 11) is 4.50. The molecule has 1 atom stereocenters. The molecule has 0 aliphatic carbocycles. The smallest absolute Gasteiger partial charge is 0.296 e. The van der Waals surface area contributed by atoms with Gasteiger partial charge in [-0.3, -0.25) is 14.5 Å². The average Bonchev–Trinajstić information content (AvgIpc) is 3.39. The van der Waals surface area contributed by atoms with Crippen LogP contribution in [0.25, 0.3) is 11.0 Å². The van der Waals surface area contributed by atoms with Crippen molar-refractivity contribution in [3.63, 3.8) is 0 Å². The maximum Gasteiger partial charge on any atom is 0.296 e. The van der Waals surface area contributed by atoms with Crippen LogP contribution in [0, 0.1) is 13.8 Å². The van der Waals surface area contributed by atoms with E-state index in [9.17, 15) is 9.59 Å². The van der Waals surface area contributed by atoms with E-state index in [1.54, 1.807) is 37.3 Å². The molecule has 9 heteroatoms. The second kappa shape index (κ2) is 7.95. The molecule has 5 rings (SSSR count). The number of aromatic nitrogens is 1. The summed E-state index contributed by atoms with van der Waals surface area (Å²) >= 11 is 0. The van der Waals surface area contributed by atoms with Gasteiger partial charge in [0.25, 0.3) is 5.91 Å². The molecule has 1 aliphatic rings. The molecule has 3 heterocycles. The quantitative estimate of drug-likeness (QED) is 0.435. The van der Waals surface area contributed by atoms with E-state index in [-0.39, 0.29) is 22.6 Å². The Balaban J connectivity index is 1.84. The average molecular weight is 462 g/mol. The highest BCUT2D eigenvalue weighted by molar-refractivity contribution is 6.10. The first-order valence-corrected chi connectivity index (χ1v) is 10.5. The molecule has 9 nitrogen and oxygen atoms in total. The van der Waals surface area contributed by atoms with Crippen LogP contribution in [0.15, 0.2) is 50.1 Å². The second-order valence-corrected chi connectivity index (χ2v) is 8.01. The lowest BCUT2D eigenvalue weighted by Crippen LogP contribution is -2.29. The summed E-state index contributed by atoms with van der Waals surface area (Å²) in [5.74, 6) is 1.39. The number of aryl methyl sites for hydroxylation is 2. The minimum atomic E-state index is -0.859. The lowest BCUT2D eigenvalue weighted by Gasteiger charge is -2.24. The van der Waals surface area contributed by atoms with Crippen LogP contribution in [0.2, 0.25) is 0 Å². The maximum absolute atomic E-state index is 13.7. The molecule has 0 saturated heterocycles. The number of nitrogens with zero attached hydrogens (tertiary/aromatic N) is 2. The number of carbonyl (C=O) groups excluding carboxylic acids is 1. The zero-order valence-electron chi connectivity index (χ0n) is 19.3. The summed E-state index contributed by atoms with van der Waals surface area (Å²) in [6, 6.07) is 9.44. The summed E-state index contributed by atoms with van der Waals surface area (Å²) in [6.07, 6.45) is 0. The summed E-state index contributed by atoms with van der Waals surface area (Å²) in [6.45, 7) is 3.61. The van der Waals surface area contributed by atoms with Gasteiger partial charge in [0.15, 0.2) is 22.7 Å². The first-order chi connectivity index (χ1) is 16.4. The van der Waals surface area contributed by atoms with Crippen LogP contribution < -0.4 is 24.5 Å². The Morgan fingerprint density at radius 1 is 0.941 bits per heavy atom. The minimum Gasteiger partial charge on any atom is -0.493 e. The zero-order valence-corrected chi connectivity index (χ0v) is 19.3. The number of fused-ring (bicyclic) bond motifs is 2. The third-order valence-electron chi connectivity index (χ3n) is 5.89. The van der Waals surface area contributed by atoms with Crippen molar-refractivity contribution in [2.24, 2.45) is 0 Å². The Kier molecular flexibility index (Phi) is 5.04. The third kappa shape index (κ3) is 3.12. The summed E-state index contributed by atoms with van der Waals surface area (Å²) in [5, 5.41) is 4.43.